The second-order valence-corrected chi connectivity index (χ2v) is 6.71. The molecular weight excluding hydrogens is 295 g/mol. The Labute approximate surface area is 123 Å². The molecule has 1 aromatic carbocycles. The summed E-state index contributed by atoms with van der Waals surface area (Å²) in [6, 6.07) is 5.83. The number of nitrogens with one attached hydrogen (secondary N) is 1. The molecule has 0 unspecified atom stereocenters. The highest BCUT2D eigenvalue weighted by atomic mass is 32.2. The molecule has 0 spiro atoms. The number of nitrogens with zero attached hydrogens (tertiary/aromatic N) is 3. The van der Waals surface area contributed by atoms with Crippen LogP contribution in [-0.2, 0) is 22.8 Å². The van der Waals surface area contributed by atoms with Crippen LogP contribution in [0.15, 0.2) is 30.6 Å². The summed E-state index contributed by atoms with van der Waals surface area (Å²) in [6.07, 6.45) is 1.56. The number of rotatable bonds is 6. The van der Waals surface area contributed by atoms with Crippen molar-refractivity contribution in [2.24, 2.45) is 7.05 Å². The Hall–Kier alpha value is -1.80. The van der Waals surface area contributed by atoms with Gasteiger partial charge in [0.25, 0.3) is 0 Å². The maximum atomic E-state index is 13.5. The molecule has 6 nitrogen and oxygen atoms in total. The summed E-state index contributed by atoms with van der Waals surface area (Å²) in [5.41, 5.74) is 0.149. The Kier molecular flexibility index (Phi) is 4.69. The van der Waals surface area contributed by atoms with Crippen molar-refractivity contribution in [2.45, 2.75) is 18.6 Å². The molecular formula is C13H17FN4O2S. The lowest BCUT2D eigenvalue weighted by Gasteiger charge is -2.12. The van der Waals surface area contributed by atoms with Crippen molar-refractivity contribution in [3.63, 3.8) is 0 Å². The van der Waals surface area contributed by atoms with E-state index < -0.39 is 15.8 Å². The van der Waals surface area contributed by atoms with Gasteiger partial charge in [-0.25, -0.2) is 17.5 Å². The van der Waals surface area contributed by atoms with Crippen molar-refractivity contribution in [3.8, 4) is 0 Å². The predicted octanol–water partition coefficient (Wildman–Crippen LogP) is 1.18. The molecule has 1 heterocycles. The van der Waals surface area contributed by atoms with Crippen LogP contribution in [-0.4, -0.2) is 29.7 Å². The molecule has 0 radical (unpaired) electrons. The number of sulfonamides is 1. The Morgan fingerprint density at radius 2 is 2.10 bits per heavy atom. The van der Waals surface area contributed by atoms with Gasteiger partial charge in [0.2, 0.25) is 10.0 Å². The largest absolute Gasteiger partial charge is 0.320 e. The zero-order chi connectivity index (χ0) is 15.5. The summed E-state index contributed by atoms with van der Waals surface area (Å²) in [6.45, 7) is 2.03. The number of hydrogen-bond acceptors (Lipinski definition) is 4. The van der Waals surface area contributed by atoms with Crippen molar-refractivity contribution < 1.29 is 12.8 Å². The summed E-state index contributed by atoms with van der Waals surface area (Å²) < 4.78 is 41.7. The lowest BCUT2D eigenvalue weighted by Crippen LogP contribution is -2.29. The summed E-state index contributed by atoms with van der Waals surface area (Å²) in [4.78, 5) is 0. The summed E-state index contributed by atoms with van der Waals surface area (Å²) in [7, 11) is -1.81. The number of aryl methyl sites for hydroxylation is 1. The number of benzene rings is 1. The lowest BCUT2D eigenvalue weighted by atomic mass is 10.2. The van der Waals surface area contributed by atoms with Crippen LogP contribution in [0.5, 0.6) is 0 Å². The summed E-state index contributed by atoms with van der Waals surface area (Å²) in [5.74, 6) is -0.355. The average molecular weight is 312 g/mol. The fourth-order valence-corrected chi connectivity index (χ4v) is 3.20. The smallest absolute Gasteiger partial charge is 0.215 e. The van der Waals surface area contributed by atoms with E-state index in [9.17, 15) is 12.8 Å². The zero-order valence-corrected chi connectivity index (χ0v) is 12.6. The minimum absolute atomic E-state index is 0.132. The Morgan fingerprint density at radius 1 is 1.38 bits per heavy atom. The van der Waals surface area contributed by atoms with Gasteiger partial charge in [-0.1, -0.05) is 25.1 Å². The van der Waals surface area contributed by atoms with E-state index in [4.69, 9.17) is 0 Å². The van der Waals surface area contributed by atoms with E-state index in [1.807, 2.05) is 6.92 Å². The van der Waals surface area contributed by atoms with Crippen LogP contribution >= 0.6 is 0 Å². The van der Waals surface area contributed by atoms with E-state index in [1.165, 1.54) is 18.2 Å². The molecule has 0 saturated carbocycles. The van der Waals surface area contributed by atoms with E-state index >= 15 is 0 Å². The molecule has 0 bridgehead atoms. The van der Waals surface area contributed by atoms with E-state index in [0.29, 0.717) is 5.82 Å². The van der Waals surface area contributed by atoms with Gasteiger partial charge < -0.3 is 4.57 Å². The molecule has 1 atom stereocenters. The van der Waals surface area contributed by atoms with Gasteiger partial charge in [0, 0.05) is 25.1 Å². The highest BCUT2D eigenvalue weighted by molar-refractivity contribution is 7.88. The van der Waals surface area contributed by atoms with Crippen molar-refractivity contribution in [3.05, 3.63) is 47.8 Å². The minimum atomic E-state index is -3.60. The summed E-state index contributed by atoms with van der Waals surface area (Å²) in [5, 5.41) is 7.69. The number of aromatic nitrogens is 3. The molecule has 0 aliphatic carbocycles. The number of halogens is 1. The van der Waals surface area contributed by atoms with Gasteiger partial charge in [-0.15, -0.1) is 10.2 Å². The van der Waals surface area contributed by atoms with Gasteiger partial charge in [0.05, 0.1) is 5.75 Å². The molecule has 0 aliphatic rings. The first-order valence-electron chi connectivity index (χ1n) is 6.43. The number of hydrogen-bond donors (Lipinski definition) is 1. The molecule has 0 fully saturated rings. The van der Waals surface area contributed by atoms with Crippen molar-refractivity contribution in [2.75, 3.05) is 6.54 Å². The average Bonchev–Trinajstić information content (AvgIpc) is 2.85. The molecule has 114 valence electrons. The van der Waals surface area contributed by atoms with Crippen LogP contribution < -0.4 is 4.72 Å². The first kappa shape index (κ1) is 15.6. The Balaban J connectivity index is 1.99. The first-order chi connectivity index (χ1) is 9.89. The van der Waals surface area contributed by atoms with Crippen molar-refractivity contribution in [1.29, 1.82) is 0 Å². The topological polar surface area (TPSA) is 76.9 Å². The van der Waals surface area contributed by atoms with Gasteiger partial charge in [0.15, 0.2) is 0 Å². The second kappa shape index (κ2) is 6.31. The summed E-state index contributed by atoms with van der Waals surface area (Å²) >= 11 is 0. The fraction of sp³-hybridized carbons (Fsp3) is 0.385. The van der Waals surface area contributed by atoms with Crippen molar-refractivity contribution >= 4 is 10.0 Å². The normalized spacial score (nSPS) is 13.3. The van der Waals surface area contributed by atoms with Crippen molar-refractivity contribution in [1.82, 2.24) is 19.5 Å². The van der Waals surface area contributed by atoms with Gasteiger partial charge in [-0.2, -0.15) is 0 Å². The first-order valence-corrected chi connectivity index (χ1v) is 8.09. The highest BCUT2D eigenvalue weighted by Gasteiger charge is 2.18. The molecule has 1 N–H and O–H groups in total. The third kappa shape index (κ3) is 4.08. The van der Waals surface area contributed by atoms with Gasteiger partial charge >= 0.3 is 0 Å². The second-order valence-electron chi connectivity index (χ2n) is 4.90. The van der Waals surface area contributed by atoms with Crippen LogP contribution in [0.2, 0.25) is 0 Å². The SMILES string of the molecule is C[C@H](CNS(=O)(=O)Cc1ccccc1F)c1nncn1C. The molecule has 8 heteroatoms. The third-order valence-electron chi connectivity index (χ3n) is 3.10. The Bertz CT molecular complexity index is 714. The molecule has 21 heavy (non-hydrogen) atoms. The van der Waals surface area contributed by atoms with Gasteiger partial charge in [-0.3, -0.25) is 0 Å². The lowest BCUT2D eigenvalue weighted by molar-refractivity contribution is 0.562. The molecule has 0 aliphatic heterocycles. The van der Waals surface area contributed by atoms with E-state index in [1.54, 1.807) is 24.0 Å². The van der Waals surface area contributed by atoms with E-state index in [0.717, 1.165) is 0 Å². The molecule has 1 aromatic heterocycles. The van der Waals surface area contributed by atoms with Gasteiger partial charge in [-0.05, 0) is 6.07 Å². The van der Waals surface area contributed by atoms with Crippen LogP contribution in [0.3, 0.4) is 0 Å². The van der Waals surface area contributed by atoms with Crippen LogP contribution in [0.25, 0.3) is 0 Å². The Morgan fingerprint density at radius 3 is 2.71 bits per heavy atom. The monoisotopic (exact) mass is 312 g/mol. The fourth-order valence-electron chi connectivity index (χ4n) is 1.95. The third-order valence-corrected chi connectivity index (χ3v) is 4.40. The predicted molar refractivity (Wildman–Crippen MR) is 76.4 cm³/mol. The zero-order valence-electron chi connectivity index (χ0n) is 11.8. The van der Waals surface area contributed by atoms with Crippen LogP contribution in [0, 0.1) is 5.82 Å². The molecule has 2 aromatic rings. The van der Waals surface area contributed by atoms with Crippen LogP contribution in [0.4, 0.5) is 4.39 Å². The van der Waals surface area contributed by atoms with E-state index in [-0.39, 0.29) is 23.8 Å². The standard InChI is InChI=1S/C13H17FN4O2S/c1-10(13-17-15-9-18(13)2)7-16-21(19,20)8-11-5-3-4-6-12(11)14/h3-6,9-10,16H,7-8H2,1-2H3/t10-/m1/s1. The van der Waals surface area contributed by atoms with E-state index in [2.05, 4.69) is 14.9 Å². The molecule has 0 saturated heterocycles. The van der Waals surface area contributed by atoms with Gasteiger partial charge in [0.1, 0.15) is 18.0 Å². The quantitative estimate of drug-likeness (QED) is 0.869. The highest BCUT2D eigenvalue weighted by Crippen LogP contribution is 2.12. The molecule has 2 rings (SSSR count). The van der Waals surface area contributed by atoms with Crippen LogP contribution in [0.1, 0.15) is 24.2 Å². The maximum Gasteiger partial charge on any atom is 0.215 e. The minimum Gasteiger partial charge on any atom is -0.320 e. The maximum absolute atomic E-state index is 13.5. The molecule has 0 amide bonds.